The standard InChI is InChI=1S/C14H10BrF3O/c1-7-4-9(12(17)6-11(7)16)14(19)8-2-3-10(15)13(18)5-8/h2-6,14,19H,1H3. The first-order valence-electron chi connectivity index (χ1n) is 5.48. The summed E-state index contributed by atoms with van der Waals surface area (Å²) in [4.78, 5) is 0. The summed E-state index contributed by atoms with van der Waals surface area (Å²) in [6.45, 7) is 1.47. The summed E-state index contributed by atoms with van der Waals surface area (Å²) < 4.78 is 40.4. The van der Waals surface area contributed by atoms with Gasteiger partial charge in [-0.2, -0.15) is 0 Å². The number of aliphatic hydroxyl groups is 1. The number of benzene rings is 2. The zero-order valence-electron chi connectivity index (χ0n) is 9.92. The largest absolute Gasteiger partial charge is 0.384 e. The van der Waals surface area contributed by atoms with Crippen molar-refractivity contribution >= 4 is 15.9 Å². The molecular formula is C14H10BrF3O. The Labute approximate surface area is 116 Å². The van der Waals surface area contributed by atoms with E-state index in [-0.39, 0.29) is 21.2 Å². The molecule has 0 aliphatic rings. The summed E-state index contributed by atoms with van der Waals surface area (Å²) in [5.74, 6) is -2.11. The Morgan fingerprint density at radius 2 is 1.68 bits per heavy atom. The van der Waals surface area contributed by atoms with Crippen LogP contribution in [0.4, 0.5) is 13.2 Å². The second-order valence-electron chi connectivity index (χ2n) is 4.20. The van der Waals surface area contributed by atoms with Crippen LogP contribution in [-0.2, 0) is 0 Å². The Morgan fingerprint density at radius 3 is 2.32 bits per heavy atom. The molecule has 1 N–H and O–H groups in total. The molecule has 0 aliphatic heterocycles. The summed E-state index contributed by atoms with van der Waals surface area (Å²) >= 11 is 2.99. The maximum Gasteiger partial charge on any atom is 0.137 e. The van der Waals surface area contributed by atoms with Gasteiger partial charge in [0.15, 0.2) is 0 Å². The Morgan fingerprint density at radius 1 is 1.00 bits per heavy atom. The molecule has 2 rings (SSSR count). The first kappa shape index (κ1) is 14.1. The molecule has 0 aliphatic carbocycles. The van der Waals surface area contributed by atoms with E-state index in [9.17, 15) is 18.3 Å². The molecule has 1 atom stereocenters. The normalized spacial score (nSPS) is 12.5. The lowest BCUT2D eigenvalue weighted by Crippen LogP contribution is -2.05. The average molecular weight is 331 g/mol. The third-order valence-electron chi connectivity index (χ3n) is 2.83. The molecule has 0 bridgehead atoms. The minimum absolute atomic E-state index is 0.0828. The Hall–Kier alpha value is -1.33. The van der Waals surface area contributed by atoms with E-state index in [1.165, 1.54) is 25.1 Å². The minimum atomic E-state index is -1.35. The molecule has 2 aromatic rings. The molecule has 19 heavy (non-hydrogen) atoms. The quantitative estimate of drug-likeness (QED) is 0.872. The van der Waals surface area contributed by atoms with Gasteiger partial charge < -0.3 is 5.11 Å². The number of hydrogen-bond acceptors (Lipinski definition) is 1. The fourth-order valence-corrected chi connectivity index (χ4v) is 2.00. The molecular weight excluding hydrogens is 321 g/mol. The lowest BCUT2D eigenvalue weighted by atomic mass is 9.99. The molecule has 0 fully saturated rings. The zero-order chi connectivity index (χ0) is 14.2. The monoisotopic (exact) mass is 330 g/mol. The number of hydrogen-bond donors (Lipinski definition) is 1. The maximum atomic E-state index is 13.6. The molecule has 0 amide bonds. The maximum absolute atomic E-state index is 13.6. The molecule has 0 heterocycles. The molecule has 0 saturated heterocycles. The highest BCUT2D eigenvalue weighted by Gasteiger charge is 2.18. The van der Waals surface area contributed by atoms with E-state index in [0.717, 1.165) is 6.07 Å². The van der Waals surface area contributed by atoms with Crippen LogP contribution >= 0.6 is 15.9 Å². The van der Waals surface area contributed by atoms with Gasteiger partial charge in [0.1, 0.15) is 23.6 Å². The molecule has 2 aromatic carbocycles. The third kappa shape index (κ3) is 2.82. The highest BCUT2D eigenvalue weighted by molar-refractivity contribution is 9.10. The van der Waals surface area contributed by atoms with Gasteiger partial charge in [-0.25, -0.2) is 13.2 Å². The van der Waals surface area contributed by atoms with Gasteiger partial charge >= 0.3 is 0 Å². The summed E-state index contributed by atoms with van der Waals surface area (Å²) in [6.07, 6.45) is -1.35. The smallest absolute Gasteiger partial charge is 0.137 e. The van der Waals surface area contributed by atoms with Gasteiger partial charge in [-0.05, 0) is 52.2 Å². The molecule has 1 unspecified atom stereocenters. The number of aliphatic hydroxyl groups excluding tert-OH is 1. The van der Waals surface area contributed by atoms with Crippen LogP contribution in [0.15, 0.2) is 34.8 Å². The average Bonchev–Trinajstić information content (AvgIpc) is 2.36. The van der Waals surface area contributed by atoms with E-state index in [0.29, 0.717) is 6.07 Å². The van der Waals surface area contributed by atoms with Crippen LogP contribution in [0.25, 0.3) is 0 Å². The third-order valence-corrected chi connectivity index (χ3v) is 3.48. The van der Waals surface area contributed by atoms with Gasteiger partial charge in [0.25, 0.3) is 0 Å². The summed E-state index contributed by atoms with van der Waals surface area (Å²) in [7, 11) is 0. The highest BCUT2D eigenvalue weighted by atomic mass is 79.9. The van der Waals surface area contributed by atoms with Gasteiger partial charge in [0.05, 0.1) is 4.47 Å². The molecule has 0 radical (unpaired) electrons. The van der Waals surface area contributed by atoms with E-state index < -0.39 is 23.6 Å². The van der Waals surface area contributed by atoms with Gasteiger partial charge in [-0.3, -0.25) is 0 Å². The van der Waals surface area contributed by atoms with E-state index in [1.54, 1.807) is 0 Å². The van der Waals surface area contributed by atoms with E-state index in [4.69, 9.17) is 0 Å². The minimum Gasteiger partial charge on any atom is -0.384 e. The summed E-state index contributed by atoms with van der Waals surface area (Å²) in [5.41, 5.74) is 0.333. The van der Waals surface area contributed by atoms with Crippen molar-refractivity contribution in [1.82, 2.24) is 0 Å². The predicted octanol–water partition coefficient (Wildman–Crippen LogP) is 4.26. The van der Waals surface area contributed by atoms with Crippen molar-refractivity contribution < 1.29 is 18.3 Å². The van der Waals surface area contributed by atoms with Crippen molar-refractivity contribution in [2.45, 2.75) is 13.0 Å². The van der Waals surface area contributed by atoms with Crippen LogP contribution in [0.2, 0.25) is 0 Å². The summed E-state index contributed by atoms with van der Waals surface area (Å²) in [6, 6.07) is 5.92. The lowest BCUT2D eigenvalue weighted by Gasteiger charge is -2.14. The molecule has 100 valence electrons. The van der Waals surface area contributed by atoms with Crippen molar-refractivity contribution in [3.05, 3.63) is 68.9 Å². The van der Waals surface area contributed by atoms with Crippen LogP contribution in [-0.4, -0.2) is 5.11 Å². The Bertz CT molecular complexity index is 628. The van der Waals surface area contributed by atoms with Crippen molar-refractivity contribution in [3.8, 4) is 0 Å². The Balaban J connectivity index is 2.46. The first-order chi connectivity index (χ1) is 8.90. The number of rotatable bonds is 2. The molecule has 0 aromatic heterocycles. The van der Waals surface area contributed by atoms with Gasteiger partial charge in [-0.1, -0.05) is 6.07 Å². The molecule has 1 nitrogen and oxygen atoms in total. The molecule has 0 saturated carbocycles. The Kier molecular flexibility index (Phi) is 3.96. The molecule has 5 heteroatoms. The molecule has 0 spiro atoms. The van der Waals surface area contributed by atoms with E-state index in [2.05, 4.69) is 15.9 Å². The zero-order valence-corrected chi connectivity index (χ0v) is 11.5. The fourth-order valence-electron chi connectivity index (χ4n) is 1.75. The first-order valence-corrected chi connectivity index (χ1v) is 6.28. The van der Waals surface area contributed by atoms with Crippen LogP contribution in [0.1, 0.15) is 22.8 Å². The second kappa shape index (κ2) is 5.35. The van der Waals surface area contributed by atoms with Crippen molar-refractivity contribution in [2.24, 2.45) is 0 Å². The van der Waals surface area contributed by atoms with Gasteiger partial charge in [0, 0.05) is 11.6 Å². The van der Waals surface area contributed by atoms with Crippen molar-refractivity contribution in [3.63, 3.8) is 0 Å². The van der Waals surface area contributed by atoms with Crippen molar-refractivity contribution in [1.29, 1.82) is 0 Å². The van der Waals surface area contributed by atoms with Crippen LogP contribution < -0.4 is 0 Å². The number of aryl methyl sites for hydroxylation is 1. The van der Waals surface area contributed by atoms with Crippen LogP contribution in [0.5, 0.6) is 0 Å². The fraction of sp³-hybridized carbons (Fsp3) is 0.143. The SMILES string of the molecule is Cc1cc(C(O)c2ccc(Br)c(F)c2)c(F)cc1F. The van der Waals surface area contributed by atoms with Crippen LogP contribution in [0, 0.1) is 24.4 Å². The van der Waals surface area contributed by atoms with Crippen molar-refractivity contribution in [2.75, 3.05) is 0 Å². The highest BCUT2D eigenvalue weighted by Crippen LogP contribution is 2.28. The van der Waals surface area contributed by atoms with Gasteiger partial charge in [0.2, 0.25) is 0 Å². The van der Waals surface area contributed by atoms with Crippen LogP contribution in [0.3, 0.4) is 0 Å². The lowest BCUT2D eigenvalue weighted by molar-refractivity contribution is 0.214. The predicted molar refractivity (Wildman–Crippen MR) is 69.3 cm³/mol. The number of halogens is 4. The second-order valence-corrected chi connectivity index (χ2v) is 5.05. The van der Waals surface area contributed by atoms with E-state index >= 15 is 0 Å². The summed E-state index contributed by atoms with van der Waals surface area (Å²) in [5, 5.41) is 10.1. The van der Waals surface area contributed by atoms with Gasteiger partial charge in [-0.15, -0.1) is 0 Å². The van der Waals surface area contributed by atoms with E-state index in [1.807, 2.05) is 0 Å². The topological polar surface area (TPSA) is 20.2 Å².